The summed E-state index contributed by atoms with van der Waals surface area (Å²) in [4.78, 5) is 0.429. The van der Waals surface area contributed by atoms with Crippen LogP contribution in [0.3, 0.4) is 0 Å². The van der Waals surface area contributed by atoms with E-state index in [0.717, 1.165) is 29.3 Å². The van der Waals surface area contributed by atoms with Gasteiger partial charge in [0.15, 0.2) is 0 Å². The van der Waals surface area contributed by atoms with Gasteiger partial charge in [0.25, 0.3) is 0 Å². The van der Waals surface area contributed by atoms with E-state index < -0.39 is 10.0 Å². The lowest BCUT2D eigenvalue weighted by molar-refractivity contribution is 0.261. The molecule has 0 N–H and O–H groups in total. The molecule has 2 rings (SSSR count). The molecular weight excluding hydrogens is 326 g/mol. The second kappa shape index (κ2) is 5.94. The first-order valence-corrected chi connectivity index (χ1v) is 8.94. The molecule has 1 atom stereocenters. The van der Waals surface area contributed by atoms with Crippen LogP contribution in [0.1, 0.15) is 31.7 Å². The molecule has 1 aromatic rings. The number of benzene rings is 1. The molecule has 1 aromatic carbocycles. The Morgan fingerprint density at radius 2 is 2.16 bits per heavy atom. The Morgan fingerprint density at radius 1 is 1.42 bits per heavy atom. The normalized spacial score (nSPS) is 21.5. The Kier molecular flexibility index (Phi) is 4.69. The Labute approximate surface area is 124 Å². The largest absolute Gasteiger partial charge is 0.243 e. The average molecular weight is 346 g/mol. The number of halogens is 1. The molecule has 1 aliphatic heterocycles. The summed E-state index contributed by atoms with van der Waals surface area (Å²) < 4.78 is 27.9. The zero-order chi connectivity index (χ0) is 14.0. The van der Waals surface area contributed by atoms with Crippen molar-refractivity contribution in [3.8, 4) is 0 Å². The highest BCUT2D eigenvalue weighted by Gasteiger charge is 2.30. The van der Waals surface area contributed by atoms with Crippen molar-refractivity contribution >= 4 is 26.0 Å². The van der Waals surface area contributed by atoms with Gasteiger partial charge in [-0.05, 0) is 43.4 Å². The summed E-state index contributed by atoms with van der Waals surface area (Å²) in [5.41, 5.74) is 0.807. The van der Waals surface area contributed by atoms with E-state index in [1.54, 1.807) is 10.4 Å². The van der Waals surface area contributed by atoms with E-state index in [9.17, 15) is 8.42 Å². The molecule has 0 aromatic heterocycles. The first-order valence-electron chi connectivity index (χ1n) is 6.71. The Balaban J connectivity index is 2.34. The number of sulfonamides is 1. The van der Waals surface area contributed by atoms with Crippen LogP contribution in [-0.2, 0) is 10.0 Å². The van der Waals surface area contributed by atoms with E-state index in [1.165, 1.54) is 0 Å². The second-order valence-corrected chi connectivity index (χ2v) is 8.01. The van der Waals surface area contributed by atoms with Crippen molar-refractivity contribution in [2.45, 2.75) is 38.0 Å². The van der Waals surface area contributed by atoms with E-state index in [2.05, 4.69) is 22.9 Å². The van der Waals surface area contributed by atoms with Crippen LogP contribution < -0.4 is 0 Å². The highest BCUT2D eigenvalue weighted by molar-refractivity contribution is 9.10. The predicted molar refractivity (Wildman–Crippen MR) is 80.7 cm³/mol. The monoisotopic (exact) mass is 345 g/mol. The van der Waals surface area contributed by atoms with Crippen molar-refractivity contribution < 1.29 is 8.42 Å². The number of hydrogen-bond donors (Lipinski definition) is 0. The molecule has 0 aliphatic carbocycles. The summed E-state index contributed by atoms with van der Waals surface area (Å²) in [5.74, 6) is 0.496. The van der Waals surface area contributed by atoms with Crippen LogP contribution in [0.5, 0.6) is 0 Å². The van der Waals surface area contributed by atoms with Crippen molar-refractivity contribution in [3.63, 3.8) is 0 Å². The number of rotatable bonds is 3. The maximum absolute atomic E-state index is 12.7. The first kappa shape index (κ1) is 15.0. The molecule has 1 heterocycles. The van der Waals surface area contributed by atoms with Crippen LogP contribution in [0.4, 0.5) is 0 Å². The third-order valence-corrected chi connectivity index (χ3v) is 6.33. The minimum Gasteiger partial charge on any atom is -0.207 e. The molecule has 3 nitrogen and oxygen atoms in total. The standard InChI is InChI=1S/C14H20BrNO2S/c1-3-12-5-4-8-16(10-12)19(17,18)14-9-13(15)7-6-11(14)2/h6-7,9,12H,3-5,8,10H2,1-2H3. The molecule has 5 heteroatoms. The van der Waals surface area contributed by atoms with Crippen LogP contribution in [0.2, 0.25) is 0 Å². The summed E-state index contributed by atoms with van der Waals surface area (Å²) >= 11 is 3.36. The minimum atomic E-state index is -3.35. The molecule has 0 radical (unpaired) electrons. The van der Waals surface area contributed by atoms with Crippen LogP contribution in [0.25, 0.3) is 0 Å². The Bertz CT molecular complexity index is 557. The molecule has 106 valence electrons. The zero-order valence-corrected chi connectivity index (χ0v) is 13.8. The van der Waals surface area contributed by atoms with Crippen LogP contribution >= 0.6 is 15.9 Å². The minimum absolute atomic E-state index is 0.429. The summed E-state index contributed by atoms with van der Waals surface area (Å²) in [6, 6.07) is 5.43. The molecule has 1 unspecified atom stereocenters. The third-order valence-electron chi connectivity index (χ3n) is 3.83. The Morgan fingerprint density at radius 3 is 2.84 bits per heavy atom. The van der Waals surface area contributed by atoms with Crippen molar-refractivity contribution in [3.05, 3.63) is 28.2 Å². The zero-order valence-electron chi connectivity index (χ0n) is 11.4. The average Bonchev–Trinajstić information content (AvgIpc) is 2.41. The maximum atomic E-state index is 12.7. The number of hydrogen-bond acceptors (Lipinski definition) is 2. The van der Waals surface area contributed by atoms with Gasteiger partial charge >= 0.3 is 0 Å². The van der Waals surface area contributed by atoms with Crippen molar-refractivity contribution in [1.82, 2.24) is 4.31 Å². The van der Waals surface area contributed by atoms with Crippen molar-refractivity contribution in [2.24, 2.45) is 5.92 Å². The molecule has 19 heavy (non-hydrogen) atoms. The van der Waals surface area contributed by atoms with Gasteiger partial charge in [-0.2, -0.15) is 4.31 Å². The van der Waals surface area contributed by atoms with Gasteiger partial charge in [-0.15, -0.1) is 0 Å². The highest BCUT2D eigenvalue weighted by atomic mass is 79.9. The molecule has 1 saturated heterocycles. The lowest BCUT2D eigenvalue weighted by Crippen LogP contribution is -2.39. The summed E-state index contributed by atoms with van der Waals surface area (Å²) in [5, 5.41) is 0. The van der Waals surface area contributed by atoms with E-state index >= 15 is 0 Å². The smallest absolute Gasteiger partial charge is 0.207 e. The fourth-order valence-corrected chi connectivity index (χ4v) is 4.89. The van der Waals surface area contributed by atoms with Gasteiger partial charge in [-0.1, -0.05) is 35.3 Å². The fraction of sp³-hybridized carbons (Fsp3) is 0.571. The summed E-state index contributed by atoms with van der Waals surface area (Å²) in [6.07, 6.45) is 3.15. The van der Waals surface area contributed by atoms with Crippen LogP contribution in [0, 0.1) is 12.8 Å². The van der Waals surface area contributed by atoms with Gasteiger partial charge in [0.1, 0.15) is 0 Å². The molecule has 0 spiro atoms. The topological polar surface area (TPSA) is 37.4 Å². The van der Waals surface area contributed by atoms with Crippen molar-refractivity contribution in [2.75, 3.05) is 13.1 Å². The SMILES string of the molecule is CCC1CCCN(S(=O)(=O)c2cc(Br)ccc2C)C1. The van der Waals surface area contributed by atoms with E-state index in [4.69, 9.17) is 0 Å². The van der Waals surface area contributed by atoms with Crippen LogP contribution in [0.15, 0.2) is 27.6 Å². The second-order valence-electron chi connectivity index (χ2n) is 5.19. The van der Waals surface area contributed by atoms with Gasteiger partial charge < -0.3 is 0 Å². The van der Waals surface area contributed by atoms with Gasteiger partial charge in [-0.3, -0.25) is 0 Å². The van der Waals surface area contributed by atoms with Gasteiger partial charge in [0, 0.05) is 17.6 Å². The van der Waals surface area contributed by atoms with Crippen molar-refractivity contribution in [1.29, 1.82) is 0 Å². The molecule has 0 bridgehead atoms. The highest BCUT2D eigenvalue weighted by Crippen LogP contribution is 2.28. The third kappa shape index (κ3) is 3.20. The quantitative estimate of drug-likeness (QED) is 0.839. The number of piperidine rings is 1. The molecule has 0 saturated carbocycles. The molecule has 1 aliphatic rings. The summed E-state index contributed by atoms with van der Waals surface area (Å²) in [7, 11) is -3.35. The van der Waals surface area contributed by atoms with E-state index in [1.807, 2.05) is 19.1 Å². The fourth-order valence-electron chi connectivity index (χ4n) is 2.57. The molecule has 1 fully saturated rings. The molecular formula is C14H20BrNO2S. The lowest BCUT2D eigenvalue weighted by Gasteiger charge is -2.31. The first-order chi connectivity index (χ1) is 8.95. The number of aryl methyl sites for hydroxylation is 1. The van der Waals surface area contributed by atoms with Gasteiger partial charge in [0.05, 0.1) is 4.90 Å². The summed E-state index contributed by atoms with van der Waals surface area (Å²) in [6.45, 7) is 5.28. The molecule has 0 amide bonds. The van der Waals surface area contributed by atoms with Gasteiger partial charge in [-0.25, -0.2) is 8.42 Å². The predicted octanol–water partition coefficient (Wildman–Crippen LogP) is 3.57. The van der Waals surface area contributed by atoms with Gasteiger partial charge in [0.2, 0.25) is 10.0 Å². The van der Waals surface area contributed by atoms with E-state index in [-0.39, 0.29) is 0 Å². The maximum Gasteiger partial charge on any atom is 0.243 e. The Hall–Kier alpha value is -0.390. The number of nitrogens with zero attached hydrogens (tertiary/aromatic N) is 1. The van der Waals surface area contributed by atoms with E-state index in [0.29, 0.717) is 23.9 Å². The lowest BCUT2D eigenvalue weighted by atomic mass is 9.97. The van der Waals surface area contributed by atoms with Crippen LogP contribution in [-0.4, -0.2) is 25.8 Å².